The number of nitrogens with zero attached hydrogens (tertiary/aromatic N) is 1. The molecule has 3 nitrogen and oxygen atoms in total. The van der Waals surface area contributed by atoms with E-state index in [1.165, 1.54) is 22.4 Å². The Morgan fingerprint density at radius 1 is 1.28 bits per heavy atom. The minimum Gasteiger partial charge on any atom is -0.494 e. The Kier molecular flexibility index (Phi) is 5.03. The van der Waals surface area contributed by atoms with Crippen LogP contribution in [0.2, 0.25) is 0 Å². The van der Waals surface area contributed by atoms with Crippen molar-refractivity contribution < 1.29 is 4.74 Å². The zero-order valence-electron chi connectivity index (χ0n) is 12.5. The molecule has 0 heterocycles. The molecule has 0 fully saturated rings. The average Bonchev–Trinajstić information content (AvgIpc) is 2.32. The molecule has 0 bridgehead atoms. The summed E-state index contributed by atoms with van der Waals surface area (Å²) in [6, 6.07) is 2.63. The number of rotatable bonds is 5. The molecule has 0 aliphatic carbocycles. The first-order valence-electron chi connectivity index (χ1n) is 6.51. The van der Waals surface area contributed by atoms with Crippen molar-refractivity contribution in [1.82, 2.24) is 0 Å². The second-order valence-corrected chi connectivity index (χ2v) is 5.05. The van der Waals surface area contributed by atoms with Crippen molar-refractivity contribution in [1.29, 1.82) is 0 Å². The SMILES string of the molecule is COc1c(C)c(C)cc(C)c1N(C)C(C)CCN. The Morgan fingerprint density at radius 2 is 1.89 bits per heavy atom. The van der Waals surface area contributed by atoms with Gasteiger partial charge in [-0.2, -0.15) is 0 Å². The summed E-state index contributed by atoms with van der Waals surface area (Å²) < 4.78 is 5.61. The van der Waals surface area contributed by atoms with E-state index in [0.717, 1.165) is 12.2 Å². The Morgan fingerprint density at radius 3 is 2.39 bits per heavy atom. The second kappa shape index (κ2) is 6.10. The van der Waals surface area contributed by atoms with Gasteiger partial charge in [0.1, 0.15) is 5.75 Å². The van der Waals surface area contributed by atoms with Crippen molar-refractivity contribution in [2.75, 3.05) is 25.6 Å². The van der Waals surface area contributed by atoms with Gasteiger partial charge in [-0.25, -0.2) is 0 Å². The summed E-state index contributed by atoms with van der Waals surface area (Å²) >= 11 is 0. The van der Waals surface area contributed by atoms with E-state index < -0.39 is 0 Å². The van der Waals surface area contributed by atoms with Gasteiger partial charge in [0.25, 0.3) is 0 Å². The molecular weight excluding hydrogens is 224 g/mol. The Bertz CT molecular complexity index is 415. The maximum atomic E-state index is 5.65. The zero-order chi connectivity index (χ0) is 13.9. The maximum absolute atomic E-state index is 5.65. The third-order valence-electron chi connectivity index (χ3n) is 3.76. The lowest BCUT2D eigenvalue weighted by molar-refractivity contribution is 0.409. The molecule has 0 spiro atoms. The highest BCUT2D eigenvalue weighted by molar-refractivity contribution is 5.68. The van der Waals surface area contributed by atoms with Gasteiger partial charge in [-0.15, -0.1) is 0 Å². The molecule has 0 saturated heterocycles. The highest BCUT2D eigenvalue weighted by Crippen LogP contribution is 2.37. The van der Waals surface area contributed by atoms with E-state index in [0.29, 0.717) is 12.6 Å². The van der Waals surface area contributed by atoms with Gasteiger partial charge in [0.05, 0.1) is 12.8 Å². The molecule has 102 valence electrons. The minimum absolute atomic E-state index is 0.407. The van der Waals surface area contributed by atoms with Crippen molar-refractivity contribution in [2.24, 2.45) is 5.73 Å². The van der Waals surface area contributed by atoms with Crippen LogP contribution in [-0.2, 0) is 0 Å². The van der Waals surface area contributed by atoms with Crippen LogP contribution in [-0.4, -0.2) is 26.7 Å². The molecular formula is C15H26N2O. The van der Waals surface area contributed by atoms with Crippen molar-refractivity contribution in [3.8, 4) is 5.75 Å². The van der Waals surface area contributed by atoms with E-state index in [9.17, 15) is 0 Å². The predicted molar refractivity (Wildman–Crippen MR) is 78.7 cm³/mol. The number of benzene rings is 1. The maximum Gasteiger partial charge on any atom is 0.145 e. The fourth-order valence-corrected chi connectivity index (χ4v) is 2.38. The summed E-state index contributed by atoms with van der Waals surface area (Å²) in [5.74, 6) is 0.985. The molecule has 0 amide bonds. The van der Waals surface area contributed by atoms with Crippen LogP contribution in [0.3, 0.4) is 0 Å². The lowest BCUT2D eigenvalue weighted by Crippen LogP contribution is -2.31. The van der Waals surface area contributed by atoms with Crippen LogP contribution < -0.4 is 15.4 Å². The van der Waals surface area contributed by atoms with Gasteiger partial charge in [-0.3, -0.25) is 0 Å². The Balaban J connectivity index is 3.26. The van der Waals surface area contributed by atoms with E-state index in [2.05, 4.69) is 45.7 Å². The number of aryl methyl sites for hydroxylation is 2. The number of ether oxygens (including phenoxy) is 1. The highest BCUT2D eigenvalue weighted by Gasteiger charge is 2.19. The standard InChI is InChI=1S/C15H26N2O/c1-10-9-11(2)14(15(18-6)13(10)4)17(5)12(3)7-8-16/h9,12H,7-8,16H2,1-6H3. The van der Waals surface area contributed by atoms with E-state index in [1.54, 1.807) is 7.11 Å². The van der Waals surface area contributed by atoms with Gasteiger partial charge in [0.15, 0.2) is 0 Å². The van der Waals surface area contributed by atoms with E-state index >= 15 is 0 Å². The van der Waals surface area contributed by atoms with Crippen LogP contribution in [0.5, 0.6) is 5.75 Å². The largest absolute Gasteiger partial charge is 0.494 e. The molecule has 0 aliphatic heterocycles. The van der Waals surface area contributed by atoms with Gasteiger partial charge in [-0.05, 0) is 57.4 Å². The topological polar surface area (TPSA) is 38.5 Å². The van der Waals surface area contributed by atoms with E-state index in [-0.39, 0.29) is 0 Å². The van der Waals surface area contributed by atoms with Gasteiger partial charge in [0.2, 0.25) is 0 Å². The van der Waals surface area contributed by atoms with Crippen LogP contribution in [0.15, 0.2) is 6.07 Å². The highest BCUT2D eigenvalue weighted by atomic mass is 16.5. The minimum atomic E-state index is 0.407. The summed E-state index contributed by atoms with van der Waals surface area (Å²) in [5, 5.41) is 0. The van der Waals surface area contributed by atoms with Gasteiger partial charge in [0, 0.05) is 13.1 Å². The fourth-order valence-electron chi connectivity index (χ4n) is 2.38. The average molecular weight is 250 g/mol. The second-order valence-electron chi connectivity index (χ2n) is 5.05. The molecule has 2 N–H and O–H groups in total. The van der Waals surface area contributed by atoms with Crippen molar-refractivity contribution in [3.63, 3.8) is 0 Å². The molecule has 1 aromatic rings. The van der Waals surface area contributed by atoms with Gasteiger partial charge >= 0.3 is 0 Å². The molecule has 18 heavy (non-hydrogen) atoms. The zero-order valence-corrected chi connectivity index (χ0v) is 12.5. The fraction of sp³-hybridized carbons (Fsp3) is 0.600. The molecule has 0 aromatic heterocycles. The molecule has 1 rings (SSSR count). The van der Waals surface area contributed by atoms with Crippen LogP contribution >= 0.6 is 0 Å². The number of hydrogen-bond donors (Lipinski definition) is 1. The van der Waals surface area contributed by atoms with Crippen LogP contribution in [0.4, 0.5) is 5.69 Å². The molecule has 3 heteroatoms. The third-order valence-corrected chi connectivity index (χ3v) is 3.76. The summed E-state index contributed by atoms with van der Waals surface area (Å²) in [4.78, 5) is 2.27. The molecule has 1 atom stereocenters. The summed E-state index contributed by atoms with van der Waals surface area (Å²) in [6.45, 7) is 9.27. The molecule has 1 unspecified atom stereocenters. The molecule has 0 aliphatic rings. The summed E-state index contributed by atoms with van der Waals surface area (Å²) in [5.41, 5.74) is 10.6. The van der Waals surface area contributed by atoms with Crippen LogP contribution in [0, 0.1) is 20.8 Å². The normalized spacial score (nSPS) is 12.4. The smallest absolute Gasteiger partial charge is 0.145 e. The van der Waals surface area contributed by atoms with Crippen molar-refractivity contribution in [2.45, 2.75) is 40.2 Å². The molecule has 1 aromatic carbocycles. The lowest BCUT2D eigenvalue weighted by atomic mass is 10.0. The quantitative estimate of drug-likeness (QED) is 0.873. The van der Waals surface area contributed by atoms with Gasteiger partial charge < -0.3 is 15.4 Å². The Hall–Kier alpha value is -1.22. The predicted octanol–water partition coefficient (Wildman–Crippen LogP) is 2.79. The Labute approximate surface area is 111 Å². The van der Waals surface area contributed by atoms with Gasteiger partial charge in [-0.1, -0.05) is 6.07 Å². The number of hydrogen-bond acceptors (Lipinski definition) is 3. The number of nitrogens with two attached hydrogens (primary N) is 1. The van der Waals surface area contributed by atoms with E-state index in [1.807, 2.05) is 0 Å². The first kappa shape index (κ1) is 14.8. The van der Waals surface area contributed by atoms with Crippen molar-refractivity contribution >= 4 is 5.69 Å². The summed E-state index contributed by atoms with van der Waals surface area (Å²) in [7, 11) is 3.85. The molecule has 0 saturated carbocycles. The van der Waals surface area contributed by atoms with Crippen molar-refractivity contribution in [3.05, 3.63) is 22.8 Å². The number of anilines is 1. The molecule has 0 radical (unpaired) electrons. The lowest BCUT2D eigenvalue weighted by Gasteiger charge is -2.31. The van der Waals surface area contributed by atoms with Crippen LogP contribution in [0.1, 0.15) is 30.0 Å². The summed E-state index contributed by atoms with van der Waals surface area (Å²) in [6.07, 6.45) is 0.978. The van der Waals surface area contributed by atoms with E-state index in [4.69, 9.17) is 10.5 Å². The first-order chi connectivity index (χ1) is 8.43. The monoisotopic (exact) mass is 250 g/mol. The third kappa shape index (κ3) is 2.78. The number of methoxy groups -OCH3 is 1. The van der Waals surface area contributed by atoms with Crippen LogP contribution in [0.25, 0.3) is 0 Å². The first-order valence-corrected chi connectivity index (χ1v) is 6.51.